The van der Waals surface area contributed by atoms with Crippen molar-refractivity contribution >= 4 is 11.6 Å². The van der Waals surface area contributed by atoms with Crippen molar-refractivity contribution < 1.29 is 9.53 Å². The van der Waals surface area contributed by atoms with Crippen LogP contribution < -0.4 is 10.1 Å². The molecule has 0 heterocycles. The molecule has 0 aliphatic carbocycles. The van der Waals surface area contributed by atoms with Crippen molar-refractivity contribution in [1.29, 1.82) is 0 Å². The topological polar surface area (TPSA) is 41.6 Å². The van der Waals surface area contributed by atoms with E-state index >= 15 is 0 Å². The Morgan fingerprint density at radius 2 is 1.86 bits per heavy atom. The maximum Gasteiger partial charge on any atom is 0.259 e. The molecule has 0 saturated carbocycles. The molecule has 2 aromatic carbocycles. The first-order valence-electron chi connectivity index (χ1n) is 7.31. The Morgan fingerprint density at radius 3 is 2.55 bits per heavy atom. The number of anilines is 1. The number of amides is 1. The van der Waals surface area contributed by atoms with Crippen molar-refractivity contribution in [1.82, 2.24) is 4.90 Å². The number of benzene rings is 2. The minimum Gasteiger partial charge on any atom is -0.484 e. The van der Waals surface area contributed by atoms with Gasteiger partial charge in [0.25, 0.3) is 5.91 Å². The van der Waals surface area contributed by atoms with Crippen LogP contribution >= 0.6 is 0 Å². The number of likely N-dealkylation sites (N-methyl/N-ethyl adjacent to an activating group) is 1. The fraction of sp³-hybridized carbons (Fsp3) is 0.278. The maximum atomic E-state index is 11.6. The van der Waals surface area contributed by atoms with Crippen LogP contribution in [0.1, 0.15) is 18.5 Å². The standard InChI is InChI=1S/C18H22N2O2/c1-14(19-16-9-5-4-6-10-16)15-8-7-11-17(12-15)22-13-18(21)20(2)3/h4-12,14,19H,13H2,1-3H3/t14-/m1/s1. The summed E-state index contributed by atoms with van der Waals surface area (Å²) in [5.41, 5.74) is 2.18. The molecule has 4 heteroatoms. The van der Waals surface area contributed by atoms with Crippen LogP contribution in [0, 0.1) is 0 Å². The summed E-state index contributed by atoms with van der Waals surface area (Å²) in [7, 11) is 3.43. The van der Waals surface area contributed by atoms with Gasteiger partial charge in [-0.1, -0.05) is 30.3 Å². The summed E-state index contributed by atoms with van der Waals surface area (Å²) in [6.07, 6.45) is 0. The number of rotatable bonds is 6. The largest absolute Gasteiger partial charge is 0.484 e. The predicted molar refractivity (Wildman–Crippen MR) is 89.1 cm³/mol. The Hall–Kier alpha value is -2.49. The van der Waals surface area contributed by atoms with Gasteiger partial charge in [-0.3, -0.25) is 4.79 Å². The number of nitrogens with one attached hydrogen (secondary N) is 1. The van der Waals surface area contributed by atoms with E-state index < -0.39 is 0 Å². The molecule has 0 aliphatic heterocycles. The van der Waals surface area contributed by atoms with E-state index in [9.17, 15) is 4.79 Å². The highest BCUT2D eigenvalue weighted by atomic mass is 16.5. The van der Waals surface area contributed by atoms with Crippen LogP contribution in [0.15, 0.2) is 54.6 Å². The molecule has 1 N–H and O–H groups in total. The Kier molecular flexibility index (Phi) is 5.42. The highest BCUT2D eigenvalue weighted by Crippen LogP contribution is 2.22. The van der Waals surface area contributed by atoms with Crippen LogP contribution in [0.3, 0.4) is 0 Å². The van der Waals surface area contributed by atoms with E-state index in [1.165, 1.54) is 4.90 Å². The van der Waals surface area contributed by atoms with Crippen LogP contribution in [0.4, 0.5) is 5.69 Å². The summed E-state index contributed by atoms with van der Waals surface area (Å²) >= 11 is 0. The number of ether oxygens (including phenoxy) is 1. The predicted octanol–water partition coefficient (Wildman–Crippen LogP) is 3.33. The van der Waals surface area contributed by atoms with Crippen molar-refractivity contribution in [3.05, 3.63) is 60.2 Å². The SMILES string of the molecule is C[C@@H](Nc1ccccc1)c1cccc(OCC(=O)N(C)C)c1. The Balaban J connectivity index is 2.00. The number of carbonyl (C=O) groups is 1. The van der Waals surface area contributed by atoms with Gasteiger partial charge in [-0.2, -0.15) is 0 Å². The van der Waals surface area contributed by atoms with Gasteiger partial charge in [0.15, 0.2) is 6.61 Å². The molecule has 0 unspecified atom stereocenters. The highest BCUT2D eigenvalue weighted by molar-refractivity contribution is 5.77. The molecule has 0 aliphatic rings. The average molecular weight is 298 g/mol. The van der Waals surface area contributed by atoms with Crippen LogP contribution in [-0.2, 0) is 4.79 Å². The molecule has 0 saturated heterocycles. The third-order valence-electron chi connectivity index (χ3n) is 3.38. The maximum absolute atomic E-state index is 11.6. The summed E-state index contributed by atoms with van der Waals surface area (Å²) in [5.74, 6) is 0.648. The average Bonchev–Trinajstić information content (AvgIpc) is 2.53. The van der Waals surface area contributed by atoms with Gasteiger partial charge in [0.05, 0.1) is 0 Å². The fourth-order valence-corrected chi connectivity index (χ4v) is 2.02. The fourth-order valence-electron chi connectivity index (χ4n) is 2.02. The number of hydrogen-bond donors (Lipinski definition) is 1. The summed E-state index contributed by atoms with van der Waals surface area (Å²) in [6, 6.07) is 18.0. The van der Waals surface area contributed by atoms with E-state index in [1.54, 1.807) is 14.1 Å². The molecule has 2 rings (SSSR count). The molecule has 116 valence electrons. The van der Waals surface area contributed by atoms with E-state index in [0.717, 1.165) is 11.3 Å². The summed E-state index contributed by atoms with van der Waals surface area (Å²) in [5, 5.41) is 3.44. The van der Waals surface area contributed by atoms with Gasteiger partial charge in [-0.15, -0.1) is 0 Å². The van der Waals surface area contributed by atoms with Crippen LogP contribution in [-0.4, -0.2) is 31.5 Å². The lowest BCUT2D eigenvalue weighted by molar-refractivity contribution is -0.130. The summed E-state index contributed by atoms with van der Waals surface area (Å²) in [4.78, 5) is 13.1. The molecule has 0 aromatic heterocycles. The monoisotopic (exact) mass is 298 g/mol. The molecule has 0 fully saturated rings. The number of hydrogen-bond acceptors (Lipinski definition) is 3. The lowest BCUT2D eigenvalue weighted by Crippen LogP contribution is -2.27. The van der Waals surface area contributed by atoms with Gasteiger partial charge in [-0.25, -0.2) is 0 Å². The van der Waals surface area contributed by atoms with Gasteiger partial charge >= 0.3 is 0 Å². The van der Waals surface area contributed by atoms with Crippen LogP contribution in [0.5, 0.6) is 5.75 Å². The molecular weight excluding hydrogens is 276 g/mol. The van der Waals surface area contributed by atoms with Gasteiger partial charge in [-0.05, 0) is 36.8 Å². The van der Waals surface area contributed by atoms with Gasteiger partial charge in [0.2, 0.25) is 0 Å². The van der Waals surface area contributed by atoms with Gasteiger partial charge in [0, 0.05) is 25.8 Å². The van der Waals surface area contributed by atoms with Gasteiger partial charge in [0.1, 0.15) is 5.75 Å². The lowest BCUT2D eigenvalue weighted by atomic mass is 10.1. The number of carbonyl (C=O) groups excluding carboxylic acids is 1. The van der Waals surface area contributed by atoms with Crippen molar-refractivity contribution in [2.24, 2.45) is 0 Å². The van der Waals surface area contributed by atoms with Crippen molar-refractivity contribution in [3.63, 3.8) is 0 Å². The quantitative estimate of drug-likeness (QED) is 0.889. The summed E-state index contributed by atoms with van der Waals surface area (Å²) < 4.78 is 5.55. The summed E-state index contributed by atoms with van der Waals surface area (Å²) in [6.45, 7) is 2.15. The Labute approximate surface area is 131 Å². The van der Waals surface area contributed by atoms with Gasteiger partial charge < -0.3 is 15.0 Å². The smallest absolute Gasteiger partial charge is 0.259 e. The van der Waals surface area contributed by atoms with Crippen molar-refractivity contribution in [2.45, 2.75) is 13.0 Å². The van der Waals surface area contributed by atoms with Crippen LogP contribution in [0.2, 0.25) is 0 Å². The zero-order valence-electron chi connectivity index (χ0n) is 13.2. The first-order chi connectivity index (χ1) is 10.6. The Morgan fingerprint density at radius 1 is 1.14 bits per heavy atom. The van der Waals surface area contributed by atoms with E-state index in [1.807, 2.05) is 54.6 Å². The van der Waals surface area contributed by atoms with Crippen LogP contribution in [0.25, 0.3) is 0 Å². The zero-order valence-corrected chi connectivity index (χ0v) is 13.2. The normalized spacial score (nSPS) is 11.6. The van der Waals surface area contributed by atoms with E-state index in [2.05, 4.69) is 12.2 Å². The number of para-hydroxylation sites is 1. The third-order valence-corrected chi connectivity index (χ3v) is 3.38. The zero-order chi connectivity index (χ0) is 15.9. The molecule has 1 atom stereocenters. The Bertz CT molecular complexity index is 611. The number of nitrogens with zero attached hydrogens (tertiary/aromatic N) is 1. The molecule has 1 amide bonds. The van der Waals surface area contributed by atoms with Crippen molar-refractivity contribution in [2.75, 3.05) is 26.0 Å². The second-order valence-electron chi connectivity index (χ2n) is 5.38. The minimum absolute atomic E-state index is 0.0525. The molecular formula is C18H22N2O2. The molecule has 4 nitrogen and oxygen atoms in total. The molecule has 0 bridgehead atoms. The molecule has 0 radical (unpaired) electrons. The second kappa shape index (κ2) is 7.50. The molecule has 22 heavy (non-hydrogen) atoms. The molecule has 2 aromatic rings. The first kappa shape index (κ1) is 15.9. The third kappa shape index (κ3) is 4.52. The first-order valence-corrected chi connectivity index (χ1v) is 7.31. The molecule has 0 spiro atoms. The second-order valence-corrected chi connectivity index (χ2v) is 5.38. The van der Waals surface area contributed by atoms with E-state index in [4.69, 9.17) is 4.74 Å². The van der Waals surface area contributed by atoms with Crippen molar-refractivity contribution in [3.8, 4) is 5.75 Å². The highest BCUT2D eigenvalue weighted by Gasteiger charge is 2.08. The lowest BCUT2D eigenvalue weighted by Gasteiger charge is -2.17. The van der Waals surface area contributed by atoms with E-state index in [-0.39, 0.29) is 18.6 Å². The minimum atomic E-state index is -0.0548. The van der Waals surface area contributed by atoms with E-state index in [0.29, 0.717) is 5.75 Å².